The SMILES string of the molecule is CC/C=C\C/C=C\C/C=C\CCCCCCCC(=O)OC(COCCCCCCCC/C=C\CCCCC)COP(=O)(O)OCC(N)C(=O)O. The number of hydrogen-bond acceptors (Lipinski definition) is 8. The van der Waals surface area contributed by atoms with Crippen LogP contribution in [0.4, 0.5) is 0 Å². The third-order valence-corrected chi connectivity index (χ3v) is 8.79. The maximum Gasteiger partial charge on any atom is 0.472 e. The molecule has 0 saturated heterocycles. The molecule has 11 heteroatoms. The third-order valence-electron chi connectivity index (χ3n) is 7.84. The minimum Gasteiger partial charge on any atom is -0.480 e. The van der Waals surface area contributed by atoms with E-state index in [0.717, 1.165) is 77.0 Å². The van der Waals surface area contributed by atoms with E-state index in [0.29, 0.717) is 13.0 Å². The standard InChI is InChI=1S/C39H70NO9P/c1-3-5-7-9-11-13-15-17-18-19-21-23-25-27-29-31-38(41)49-36(34-47-50(44,45)48-35-37(40)39(42)43)33-46-32-30-28-26-24-22-20-16-14-12-10-8-6-4-2/h5,7,11-14,17-18,36-37H,3-4,6,8-10,15-16,19-35,40H2,1-2H3,(H,42,43)(H,44,45)/b7-5-,13-11-,14-12-,18-17-. The Kier molecular flexibility index (Phi) is 33.9. The molecule has 4 N–H and O–H groups in total. The Morgan fingerprint density at radius 3 is 1.76 bits per heavy atom. The van der Waals surface area contributed by atoms with E-state index in [4.69, 9.17) is 24.8 Å². The molecule has 0 amide bonds. The molecule has 0 aliphatic rings. The highest BCUT2D eigenvalue weighted by Gasteiger charge is 2.27. The Hall–Kier alpha value is -2.07. The van der Waals surface area contributed by atoms with Gasteiger partial charge in [-0.3, -0.25) is 18.6 Å². The molecule has 0 spiro atoms. The summed E-state index contributed by atoms with van der Waals surface area (Å²) in [7, 11) is -4.62. The van der Waals surface area contributed by atoms with Crippen molar-refractivity contribution >= 4 is 19.8 Å². The van der Waals surface area contributed by atoms with Crippen LogP contribution in [-0.4, -0.2) is 60.5 Å². The monoisotopic (exact) mass is 727 g/mol. The maximum absolute atomic E-state index is 12.6. The van der Waals surface area contributed by atoms with Crippen molar-refractivity contribution in [3.63, 3.8) is 0 Å². The number of phosphoric ester groups is 1. The van der Waals surface area contributed by atoms with Crippen molar-refractivity contribution in [3.05, 3.63) is 48.6 Å². The topological polar surface area (TPSA) is 155 Å². The molecule has 10 nitrogen and oxygen atoms in total. The molecule has 0 aromatic carbocycles. The number of rotatable bonds is 36. The fourth-order valence-corrected chi connectivity index (χ4v) is 5.62. The molecule has 0 radical (unpaired) electrons. The molecule has 0 aromatic heterocycles. The van der Waals surface area contributed by atoms with Crippen LogP contribution in [0.15, 0.2) is 48.6 Å². The summed E-state index contributed by atoms with van der Waals surface area (Å²) in [5, 5.41) is 8.86. The highest BCUT2D eigenvalue weighted by atomic mass is 31.2. The van der Waals surface area contributed by atoms with Gasteiger partial charge in [-0.05, 0) is 70.6 Å². The number of esters is 1. The first-order valence-corrected chi connectivity index (χ1v) is 20.7. The summed E-state index contributed by atoms with van der Waals surface area (Å²) >= 11 is 0. The van der Waals surface area contributed by atoms with E-state index in [1.807, 2.05) is 0 Å². The van der Waals surface area contributed by atoms with Gasteiger partial charge in [0.2, 0.25) is 0 Å². The zero-order valence-corrected chi connectivity index (χ0v) is 32.1. The first-order chi connectivity index (χ1) is 24.2. The summed E-state index contributed by atoms with van der Waals surface area (Å²) in [5.41, 5.74) is 5.33. The second-order valence-electron chi connectivity index (χ2n) is 12.7. The van der Waals surface area contributed by atoms with Crippen LogP contribution in [0.2, 0.25) is 0 Å². The van der Waals surface area contributed by atoms with E-state index in [1.54, 1.807) is 0 Å². The number of carboxylic acids is 1. The van der Waals surface area contributed by atoms with Gasteiger partial charge in [-0.2, -0.15) is 0 Å². The number of carboxylic acid groups (broad SMARTS) is 1. The summed E-state index contributed by atoms with van der Waals surface area (Å²) < 4.78 is 33.2. The number of allylic oxidation sites excluding steroid dienone is 8. The minimum atomic E-state index is -4.62. The quantitative estimate of drug-likeness (QED) is 0.0246. The number of nitrogens with two attached hydrogens (primary N) is 1. The van der Waals surface area contributed by atoms with Gasteiger partial charge in [0.15, 0.2) is 0 Å². The number of carbonyl (C=O) groups excluding carboxylic acids is 1. The van der Waals surface area contributed by atoms with Gasteiger partial charge >= 0.3 is 19.8 Å². The lowest BCUT2D eigenvalue weighted by atomic mass is 10.1. The molecule has 290 valence electrons. The molecular weight excluding hydrogens is 657 g/mol. The smallest absolute Gasteiger partial charge is 0.472 e. The van der Waals surface area contributed by atoms with Crippen LogP contribution in [0, 0.1) is 0 Å². The van der Waals surface area contributed by atoms with E-state index in [1.165, 1.54) is 44.9 Å². The first-order valence-electron chi connectivity index (χ1n) is 19.2. The summed E-state index contributed by atoms with van der Waals surface area (Å²) in [6.07, 6.45) is 38.7. The van der Waals surface area contributed by atoms with Crippen molar-refractivity contribution in [3.8, 4) is 0 Å². The normalized spacial score (nSPS) is 14.6. The van der Waals surface area contributed by atoms with Gasteiger partial charge < -0.3 is 25.2 Å². The Morgan fingerprint density at radius 1 is 0.660 bits per heavy atom. The molecule has 0 aromatic rings. The first kappa shape index (κ1) is 47.9. The van der Waals surface area contributed by atoms with Gasteiger partial charge in [-0.15, -0.1) is 0 Å². The number of carbonyl (C=O) groups is 2. The Morgan fingerprint density at radius 2 is 1.16 bits per heavy atom. The van der Waals surface area contributed by atoms with E-state index >= 15 is 0 Å². The molecule has 0 aliphatic carbocycles. The number of aliphatic carboxylic acids is 1. The number of unbranched alkanes of at least 4 members (excludes halogenated alkanes) is 14. The summed E-state index contributed by atoms with van der Waals surface area (Å²) in [6, 6.07) is -1.48. The van der Waals surface area contributed by atoms with Gasteiger partial charge in [0, 0.05) is 13.0 Å². The van der Waals surface area contributed by atoms with Crippen molar-refractivity contribution in [1.29, 1.82) is 0 Å². The van der Waals surface area contributed by atoms with Crippen LogP contribution < -0.4 is 5.73 Å². The second kappa shape index (κ2) is 35.3. The van der Waals surface area contributed by atoms with Gasteiger partial charge in [0.25, 0.3) is 0 Å². The van der Waals surface area contributed by atoms with Crippen LogP contribution in [0.1, 0.15) is 149 Å². The van der Waals surface area contributed by atoms with Crippen LogP contribution in [-0.2, 0) is 32.7 Å². The fourth-order valence-electron chi connectivity index (χ4n) is 4.85. The third kappa shape index (κ3) is 34.4. The maximum atomic E-state index is 12.6. The molecule has 3 atom stereocenters. The van der Waals surface area contributed by atoms with Gasteiger partial charge in [-0.25, -0.2) is 4.57 Å². The van der Waals surface area contributed by atoms with Crippen molar-refractivity contribution in [2.45, 2.75) is 161 Å². The van der Waals surface area contributed by atoms with Crippen LogP contribution in [0.3, 0.4) is 0 Å². The molecule has 0 bridgehead atoms. The second-order valence-corrected chi connectivity index (χ2v) is 14.1. The Labute approximate surface area is 303 Å². The highest BCUT2D eigenvalue weighted by molar-refractivity contribution is 7.47. The fraction of sp³-hybridized carbons (Fsp3) is 0.744. The van der Waals surface area contributed by atoms with Gasteiger partial charge in [0.1, 0.15) is 12.1 Å². The van der Waals surface area contributed by atoms with E-state index < -0.39 is 45.1 Å². The molecule has 50 heavy (non-hydrogen) atoms. The predicted molar refractivity (Wildman–Crippen MR) is 203 cm³/mol. The zero-order valence-electron chi connectivity index (χ0n) is 31.2. The van der Waals surface area contributed by atoms with Crippen molar-refractivity contribution in [2.75, 3.05) is 26.4 Å². The van der Waals surface area contributed by atoms with Gasteiger partial charge in [0.05, 0.1) is 19.8 Å². The van der Waals surface area contributed by atoms with Crippen molar-refractivity contribution in [1.82, 2.24) is 0 Å². The van der Waals surface area contributed by atoms with Crippen molar-refractivity contribution in [2.24, 2.45) is 5.73 Å². The Balaban J connectivity index is 4.35. The van der Waals surface area contributed by atoms with Crippen LogP contribution in [0.25, 0.3) is 0 Å². The summed E-state index contributed by atoms with van der Waals surface area (Å²) in [5.74, 6) is -1.80. The van der Waals surface area contributed by atoms with Crippen LogP contribution in [0.5, 0.6) is 0 Å². The van der Waals surface area contributed by atoms with E-state index in [2.05, 4.69) is 67.0 Å². The lowest BCUT2D eigenvalue weighted by Gasteiger charge is -2.20. The predicted octanol–water partition coefficient (Wildman–Crippen LogP) is 9.92. The lowest BCUT2D eigenvalue weighted by molar-refractivity contribution is -0.154. The zero-order chi connectivity index (χ0) is 37.0. The molecule has 0 saturated carbocycles. The molecular formula is C39H70NO9P. The van der Waals surface area contributed by atoms with Crippen molar-refractivity contribution < 1.29 is 42.7 Å². The minimum absolute atomic E-state index is 0.00415. The molecule has 0 aliphatic heterocycles. The Bertz CT molecular complexity index is 983. The van der Waals surface area contributed by atoms with E-state index in [-0.39, 0.29) is 13.0 Å². The highest BCUT2D eigenvalue weighted by Crippen LogP contribution is 2.43. The summed E-state index contributed by atoms with van der Waals surface area (Å²) in [4.78, 5) is 33.4. The number of hydrogen-bond donors (Lipinski definition) is 3. The van der Waals surface area contributed by atoms with Crippen LogP contribution >= 0.6 is 7.82 Å². The molecule has 0 heterocycles. The largest absolute Gasteiger partial charge is 0.480 e. The summed E-state index contributed by atoms with van der Waals surface area (Å²) in [6.45, 7) is 3.69. The average molecular weight is 728 g/mol. The average Bonchev–Trinajstić information content (AvgIpc) is 3.09. The van der Waals surface area contributed by atoms with E-state index in [9.17, 15) is 19.0 Å². The number of phosphoric acid groups is 1. The van der Waals surface area contributed by atoms with Gasteiger partial charge in [-0.1, -0.05) is 120 Å². The lowest BCUT2D eigenvalue weighted by Crippen LogP contribution is -2.34. The molecule has 0 rings (SSSR count). The molecule has 3 unspecified atom stereocenters. The molecule has 0 fully saturated rings. The number of ether oxygens (including phenoxy) is 2.